The van der Waals surface area contributed by atoms with Gasteiger partial charge >= 0.3 is 0 Å². The summed E-state index contributed by atoms with van der Waals surface area (Å²) in [5, 5.41) is 9.44. The minimum absolute atomic E-state index is 0.0623. The van der Waals surface area contributed by atoms with Crippen LogP contribution < -0.4 is 0 Å². The first-order chi connectivity index (χ1) is 5.55. The average Bonchev–Trinajstić information content (AvgIpc) is 2.03. The van der Waals surface area contributed by atoms with Crippen molar-refractivity contribution in [3.63, 3.8) is 0 Å². The summed E-state index contributed by atoms with van der Waals surface area (Å²) in [7, 11) is 0. The van der Waals surface area contributed by atoms with Gasteiger partial charge < -0.3 is 5.11 Å². The lowest BCUT2D eigenvalue weighted by Crippen LogP contribution is -2.18. The fourth-order valence-electron chi connectivity index (χ4n) is 1.08. The monoisotopic (exact) mass is 248 g/mol. The van der Waals surface area contributed by atoms with Gasteiger partial charge in [0, 0.05) is 10.1 Å². The molecular weight excluding hydrogens is 236 g/mol. The molecule has 68 valence electrons. The zero-order chi connectivity index (χ0) is 9.19. The number of alkyl halides is 1. The summed E-state index contributed by atoms with van der Waals surface area (Å²) in [6, 6.07) is 0. The van der Waals surface area contributed by atoms with E-state index in [1.165, 1.54) is 0 Å². The van der Waals surface area contributed by atoms with E-state index in [1.54, 1.807) is 0 Å². The Balaban J connectivity index is 2.64. The number of rotatable bonds is 2. The molecule has 1 aliphatic carbocycles. The van der Waals surface area contributed by atoms with Crippen LogP contribution in [0.4, 0.5) is 0 Å². The molecule has 0 amide bonds. The molecule has 1 aliphatic rings. The molecule has 0 bridgehead atoms. The van der Waals surface area contributed by atoms with Gasteiger partial charge in [0.05, 0.1) is 6.10 Å². The summed E-state index contributed by atoms with van der Waals surface area (Å²) in [5.41, 5.74) is 0.974. The molecule has 0 aliphatic heterocycles. The zero-order valence-corrected chi connectivity index (χ0v) is 9.48. The molecule has 3 heteroatoms. The highest BCUT2D eigenvalue weighted by Crippen LogP contribution is 2.29. The van der Waals surface area contributed by atoms with Crippen LogP contribution in [0.1, 0.15) is 13.3 Å². The number of hydrogen-bond donors (Lipinski definition) is 2. The van der Waals surface area contributed by atoms with Gasteiger partial charge in [-0.3, -0.25) is 0 Å². The van der Waals surface area contributed by atoms with Crippen molar-refractivity contribution in [2.75, 3.05) is 5.75 Å². The van der Waals surface area contributed by atoms with Crippen LogP contribution in [0.5, 0.6) is 0 Å². The summed E-state index contributed by atoms with van der Waals surface area (Å²) < 4.78 is 0.0623. The lowest BCUT2D eigenvalue weighted by atomic mass is 9.96. The molecule has 2 unspecified atom stereocenters. The molecule has 12 heavy (non-hydrogen) atoms. The lowest BCUT2D eigenvalue weighted by molar-refractivity contribution is 0.239. The van der Waals surface area contributed by atoms with Gasteiger partial charge in [0.15, 0.2) is 0 Å². The molecule has 0 spiro atoms. The van der Waals surface area contributed by atoms with E-state index in [2.05, 4.69) is 47.6 Å². The first-order valence-corrected chi connectivity index (χ1v) is 5.35. The predicted octanol–water partition coefficient (Wildman–Crippen LogP) is 2.32. The van der Waals surface area contributed by atoms with E-state index in [4.69, 9.17) is 0 Å². The van der Waals surface area contributed by atoms with Crippen molar-refractivity contribution in [3.8, 4) is 0 Å². The summed E-state index contributed by atoms with van der Waals surface area (Å²) in [6.45, 7) is 2.10. The maximum absolute atomic E-state index is 9.44. The Hall–Kier alpha value is 0.270. The molecule has 0 fully saturated rings. The van der Waals surface area contributed by atoms with E-state index in [-0.39, 0.29) is 4.32 Å². The minimum Gasteiger partial charge on any atom is -0.388 e. The molecule has 2 atom stereocenters. The van der Waals surface area contributed by atoms with Gasteiger partial charge in [-0.05, 0) is 18.9 Å². The van der Waals surface area contributed by atoms with Gasteiger partial charge in [-0.2, -0.15) is 12.6 Å². The van der Waals surface area contributed by atoms with E-state index in [9.17, 15) is 5.11 Å². The number of aliphatic hydroxyl groups excluding tert-OH is 1. The highest BCUT2D eigenvalue weighted by atomic mass is 79.9. The van der Waals surface area contributed by atoms with Crippen LogP contribution in [0.15, 0.2) is 23.8 Å². The fourth-order valence-corrected chi connectivity index (χ4v) is 1.58. The standard InChI is InChI=1S/C9H13BrOS/c1-9(10)4-2-7(3-5-9)8(11)6-12/h2-4,8,11-12H,5-6H2,1H3. The van der Waals surface area contributed by atoms with Gasteiger partial charge in [0.25, 0.3) is 0 Å². The van der Waals surface area contributed by atoms with Gasteiger partial charge in [-0.25, -0.2) is 0 Å². The van der Waals surface area contributed by atoms with Crippen molar-refractivity contribution in [2.45, 2.75) is 23.8 Å². The molecule has 1 nitrogen and oxygen atoms in total. The Kier molecular flexibility index (Phi) is 3.44. The van der Waals surface area contributed by atoms with Crippen LogP contribution in [0.3, 0.4) is 0 Å². The van der Waals surface area contributed by atoms with Crippen LogP contribution in [-0.4, -0.2) is 21.3 Å². The second-order valence-corrected chi connectivity index (χ2v) is 5.39. The number of allylic oxidation sites excluding steroid dienone is 2. The Morgan fingerprint density at radius 2 is 2.50 bits per heavy atom. The number of thiol groups is 1. The molecule has 0 aromatic heterocycles. The third-order valence-corrected chi connectivity index (χ3v) is 2.85. The maximum Gasteiger partial charge on any atom is 0.0874 e. The van der Waals surface area contributed by atoms with Crippen molar-refractivity contribution in [1.29, 1.82) is 0 Å². The van der Waals surface area contributed by atoms with Crippen molar-refractivity contribution in [2.24, 2.45) is 0 Å². The normalized spacial score (nSPS) is 31.5. The van der Waals surface area contributed by atoms with Crippen LogP contribution in [0, 0.1) is 0 Å². The van der Waals surface area contributed by atoms with Crippen molar-refractivity contribution >= 4 is 28.6 Å². The van der Waals surface area contributed by atoms with Crippen LogP contribution in [0.2, 0.25) is 0 Å². The van der Waals surface area contributed by atoms with Gasteiger partial charge in [0.2, 0.25) is 0 Å². The molecule has 0 aromatic rings. The molecule has 0 saturated carbocycles. The number of aliphatic hydroxyl groups is 1. The highest BCUT2D eigenvalue weighted by molar-refractivity contribution is 9.10. The van der Waals surface area contributed by atoms with Crippen LogP contribution in [-0.2, 0) is 0 Å². The van der Waals surface area contributed by atoms with E-state index in [0.717, 1.165) is 12.0 Å². The molecule has 0 saturated heterocycles. The number of halogens is 1. The summed E-state index contributed by atoms with van der Waals surface area (Å²) in [4.78, 5) is 0. The minimum atomic E-state index is -0.423. The molecule has 0 heterocycles. The van der Waals surface area contributed by atoms with Crippen LogP contribution in [0.25, 0.3) is 0 Å². The third kappa shape index (κ3) is 2.64. The highest BCUT2D eigenvalue weighted by Gasteiger charge is 2.19. The topological polar surface area (TPSA) is 20.2 Å². The summed E-state index contributed by atoms with van der Waals surface area (Å²) in [6.07, 6.45) is 6.57. The van der Waals surface area contributed by atoms with Gasteiger partial charge in [-0.15, -0.1) is 0 Å². The average molecular weight is 249 g/mol. The predicted molar refractivity (Wildman–Crippen MR) is 59.0 cm³/mol. The SMILES string of the molecule is CC1(Br)C=CC(C(O)CS)=CC1. The first kappa shape index (κ1) is 10.4. The first-order valence-electron chi connectivity index (χ1n) is 3.92. The Bertz CT molecular complexity index is 221. The number of hydrogen-bond acceptors (Lipinski definition) is 2. The molecule has 0 aromatic carbocycles. The van der Waals surface area contributed by atoms with Crippen LogP contribution >= 0.6 is 28.6 Å². The Morgan fingerprint density at radius 3 is 2.92 bits per heavy atom. The fraction of sp³-hybridized carbons (Fsp3) is 0.556. The smallest absolute Gasteiger partial charge is 0.0874 e. The largest absolute Gasteiger partial charge is 0.388 e. The third-order valence-electron chi connectivity index (χ3n) is 1.92. The lowest BCUT2D eigenvalue weighted by Gasteiger charge is -2.22. The molecule has 1 N–H and O–H groups in total. The second kappa shape index (κ2) is 3.99. The molecular formula is C9H13BrOS. The van der Waals surface area contributed by atoms with Gasteiger partial charge in [0.1, 0.15) is 0 Å². The van der Waals surface area contributed by atoms with E-state index in [1.807, 2.05) is 6.08 Å². The maximum atomic E-state index is 9.44. The Labute approximate surface area is 87.1 Å². The van der Waals surface area contributed by atoms with Crippen molar-refractivity contribution < 1.29 is 5.11 Å². The molecule has 0 radical (unpaired) electrons. The molecule has 1 rings (SSSR count). The summed E-state index contributed by atoms with van der Waals surface area (Å²) >= 11 is 7.59. The van der Waals surface area contributed by atoms with Crippen molar-refractivity contribution in [3.05, 3.63) is 23.8 Å². The Morgan fingerprint density at radius 1 is 1.83 bits per heavy atom. The van der Waals surface area contributed by atoms with Crippen molar-refractivity contribution in [1.82, 2.24) is 0 Å². The second-order valence-electron chi connectivity index (χ2n) is 3.22. The van der Waals surface area contributed by atoms with E-state index >= 15 is 0 Å². The quantitative estimate of drug-likeness (QED) is 0.568. The van der Waals surface area contributed by atoms with E-state index in [0.29, 0.717) is 5.75 Å². The summed E-state index contributed by atoms with van der Waals surface area (Å²) in [5.74, 6) is 0.481. The zero-order valence-electron chi connectivity index (χ0n) is 7.00. The van der Waals surface area contributed by atoms with Gasteiger partial charge in [-0.1, -0.05) is 34.2 Å². The van der Waals surface area contributed by atoms with E-state index < -0.39 is 6.10 Å².